The van der Waals surface area contributed by atoms with Gasteiger partial charge in [0.25, 0.3) is 0 Å². The van der Waals surface area contributed by atoms with Gasteiger partial charge in [0, 0.05) is 12.2 Å². The summed E-state index contributed by atoms with van der Waals surface area (Å²) in [5.41, 5.74) is 5.29. The van der Waals surface area contributed by atoms with Gasteiger partial charge in [0.2, 0.25) is 5.91 Å². The standard InChI is InChI=1S/C15H22FN3O2/c1-4-15(5-2,13(17)18-21)14(20)19(6-3)12-9-7-11(16)8-10-12/h7-10,21H,4-6H2,1-3H3,(H2,17,18). The van der Waals surface area contributed by atoms with Crippen molar-refractivity contribution in [2.45, 2.75) is 33.6 Å². The summed E-state index contributed by atoms with van der Waals surface area (Å²) in [5, 5.41) is 12.0. The number of hydrogen-bond donors (Lipinski definition) is 2. The number of amidine groups is 1. The minimum atomic E-state index is -1.06. The van der Waals surface area contributed by atoms with Crippen LogP contribution < -0.4 is 10.6 Å². The Morgan fingerprint density at radius 3 is 2.19 bits per heavy atom. The van der Waals surface area contributed by atoms with E-state index >= 15 is 0 Å². The van der Waals surface area contributed by atoms with Gasteiger partial charge >= 0.3 is 0 Å². The predicted octanol–water partition coefficient (Wildman–Crippen LogP) is 2.73. The molecule has 116 valence electrons. The smallest absolute Gasteiger partial charge is 0.240 e. The minimum Gasteiger partial charge on any atom is -0.409 e. The number of halogens is 1. The third-order valence-corrected chi connectivity index (χ3v) is 3.91. The quantitative estimate of drug-likeness (QED) is 0.366. The first-order chi connectivity index (χ1) is 9.96. The monoisotopic (exact) mass is 295 g/mol. The highest BCUT2D eigenvalue weighted by molar-refractivity contribution is 6.12. The maximum atomic E-state index is 13.0. The van der Waals surface area contributed by atoms with E-state index in [1.165, 1.54) is 17.0 Å². The Morgan fingerprint density at radius 1 is 1.29 bits per heavy atom. The van der Waals surface area contributed by atoms with E-state index in [1.807, 2.05) is 20.8 Å². The van der Waals surface area contributed by atoms with Crippen LogP contribution in [0.2, 0.25) is 0 Å². The lowest BCUT2D eigenvalue weighted by Gasteiger charge is -2.34. The van der Waals surface area contributed by atoms with Crippen LogP contribution in [0.1, 0.15) is 33.6 Å². The molecular formula is C15H22FN3O2. The zero-order valence-electron chi connectivity index (χ0n) is 12.6. The van der Waals surface area contributed by atoms with E-state index in [4.69, 9.17) is 10.9 Å². The lowest BCUT2D eigenvalue weighted by atomic mass is 9.79. The zero-order chi connectivity index (χ0) is 16.0. The highest BCUT2D eigenvalue weighted by Crippen LogP contribution is 2.31. The van der Waals surface area contributed by atoms with Crippen LogP contribution in [0.5, 0.6) is 0 Å². The van der Waals surface area contributed by atoms with Crippen molar-refractivity contribution in [3.8, 4) is 0 Å². The van der Waals surface area contributed by atoms with Crippen molar-refractivity contribution in [2.75, 3.05) is 11.4 Å². The summed E-state index contributed by atoms with van der Waals surface area (Å²) in [4.78, 5) is 14.4. The van der Waals surface area contributed by atoms with Crippen LogP contribution >= 0.6 is 0 Å². The van der Waals surface area contributed by atoms with Crippen molar-refractivity contribution in [1.82, 2.24) is 0 Å². The summed E-state index contributed by atoms with van der Waals surface area (Å²) < 4.78 is 13.0. The first-order valence-electron chi connectivity index (χ1n) is 7.02. The fourth-order valence-electron chi connectivity index (χ4n) is 2.44. The maximum absolute atomic E-state index is 13.0. The van der Waals surface area contributed by atoms with Crippen molar-refractivity contribution in [1.29, 1.82) is 0 Å². The van der Waals surface area contributed by atoms with Crippen LogP contribution in [0.3, 0.4) is 0 Å². The average molecular weight is 295 g/mol. The molecule has 3 N–H and O–H groups in total. The second kappa shape index (κ2) is 7.06. The molecule has 21 heavy (non-hydrogen) atoms. The summed E-state index contributed by atoms with van der Waals surface area (Å²) >= 11 is 0. The highest BCUT2D eigenvalue weighted by atomic mass is 19.1. The first-order valence-corrected chi connectivity index (χ1v) is 7.02. The van der Waals surface area contributed by atoms with Gasteiger partial charge in [-0.1, -0.05) is 19.0 Å². The molecule has 1 aromatic rings. The summed E-state index contributed by atoms with van der Waals surface area (Å²) in [7, 11) is 0. The Balaban J connectivity index is 3.25. The molecular weight excluding hydrogens is 273 g/mol. The molecule has 0 bridgehead atoms. The average Bonchev–Trinajstić information content (AvgIpc) is 2.51. The summed E-state index contributed by atoms with van der Waals surface area (Å²) in [6.07, 6.45) is 0.825. The number of nitrogens with two attached hydrogens (primary N) is 1. The van der Waals surface area contributed by atoms with Crippen molar-refractivity contribution < 1.29 is 14.4 Å². The molecule has 0 fully saturated rings. The SMILES string of the molecule is CCN(C(=O)C(CC)(CC)C(N)=NO)c1ccc(F)cc1. The van der Waals surface area contributed by atoms with Gasteiger partial charge < -0.3 is 15.8 Å². The normalized spacial score (nSPS) is 12.3. The second-order valence-corrected chi connectivity index (χ2v) is 4.80. The molecule has 0 saturated carbocycles. The van der Waals surface area contributed by atoms with Gasteiger partial charge in [0.15, 0.2) is 5.84 Å². The second-order valence-electron chi connectivity index (χ2n) is 4.80. The van der Waals surface area contributed by atoms with Gasteiger partial charge in [-0.25, -0.2) is 4.39 Å². The van der Waals surface area contributed by atoms with Gasteiger partial charge in [0.1, 0.15) is 11.2 Å². The lowest BCUT2D eigenvalue weighted by Crippen LogP contribution is -2.51. The molecule has 0 saturated heterocycles. The molecule has 0 radical (unpaired) electrons. The van der Waals surface area contributed by atoms with Gasteiger partial charge in [-0.15, -0.1) is 0 Å². The van der Waals surface area contributed by atoms with Crippen LogP contribution in [0.4, 0.5) is 10.1 Å². The Hall–Kier alpha value is -2.11. The Morgan fingerprint density at radius 2 is 1.81 bits per heavy atom. The van der Waals surface area contributed by atoms with Crippen molar-refractivity contribution in [2.24, 2.45) is 16.3 Å². The number of rotatable bonds is 6. The molecule has 1 amide bonds. The largest absolute Gasteiger partial charge is 0.409 e. The van der Waals surface area contributed by atoms with Crippen LogP contribution in [-0.4, -0.2) is 23.5 Å². The number of nitrogens with zero attached hydrogens (tertiary/aromatic N) is 2. The zero-order valence-corrected chi connectivity index (χ0v) is 12.6. The number of benzene rings is 1. The Bertz CT molecular complexity index is 510. The van der Waals surface area contributed by atoms with E-state index in [9.17, 15) is 9.18 Å². The predicted molar refractivity (Wildman–Crippen MR) is 80.9 cm³/mol. The number of carbonyl (C=O) groups is 1. The van der Waals surface area contributed by atoms with Gasteiger partial charge in [-0.05, 0) is 44.0 Å². The molecule has 6 heteroatoms. The number of oxime groups is 1. The molecule has 5 nitrogen and oxygen atoms in total. The molecule has 0 aliphatic rings. The lowest BCUT2D eigenvalue weighted by molar-refractivity contribution is -0.125. The molecule has 0 aromatic heterocycles. The van der Waals surface area contributed by atoms with Crippen LogP contribution in [0.25, 0.3) is 0 Å². The molecule has 0 heterocycles. The Kier molecular flexibility index (Phi) is 5.69. The van der Waals surface area contributed by atoms with Crippen molar-refractivity contribution >= 4 is 17.4 Å². The molecule has 0 aliphatic carbocycles. The third-order valence-electron chi connectivity index (χ3n) is 3.91. The van der Waals surface area contributed by atoms with E-state index in [0.717, 1.165) is 0 Å². The molecule has 1 rings (SSSR count). The van der Waals surface area contributed by atoms with E-state index < -0.39 is 5.41 Å². The van der Waals surface area contributed by atoms with E-state index in [0.29, 0.717) is 25.1 Å². The number of amides is 1. The molecule has 0 spiro atoms. The summed E-state index contributed by atoms with van der Waals surface area (Å²) in [6.45, 7) is 5.87. The topological polar surface area (TPSA) is 78.9 Å². The van der Waals surface area contributed by atoms with E-state index in [-0.39, 0.29) is 17.6 Å². The third kappa shape index (κ3) is 3.15. The molecule has 1 aromatic carbocycles. The fourth-order valence-corrected chi connectivity index (χ4v) is 2.44. The van der Waals surface area contributed by atoms with Crippen LogP contribution in [0.15, 0.2) is 29.4 Å². The van der Waals surface area contributed by atoms with E-state index in [2.05, 4.69) is 5.16 Å². The van der Waals surface area contributed by atoms with E-state index in [1.54, 1.807) is 12.1 Å². The number of hydrogen-bond acceptors (Lipinski definition) is 3. The molecule has 0 aliphatic heterocycles. The van der Waals surface area contributed by atoms with Crippen LogP contribution in [0, 0.1) is 11.2 Å². The van der Waals surface area contributed by atoms with Crippen LogP contribution in [-0.2, 0) is 4.79 Å². The number of anilines is 1. The summed E-state index contributed by atoms with van der Waals surface area (Å²) in [5.74, 6) is -0.717. The maximum Gasteiger partial charge on any atom is 0.240 e. The molecule has 0 unspecified atom stereocenters. The number of carbonyl (C=O) groups excluding carboxylic acids is 1. The molecule has 0 atom stereocenters. The Labute approximate surface area is 124 Å². The minimum absolute atomic E-state index is 0.0990. The van der Waals surface area contributed by atoms with Gasteiger partial charge in [-0.2, -0.15) is 0 Å². The van der Waals surface area contributed by atoms with Crippen molar-refractivity contribution in [3.63, 3.8) is 0 Å². The first kappa shape index (κ1) is 16.9. The van der Waals surface area contributed by atoms with Crippen molar-refractivity contribution in [3.05, 3.63) is 30.1 Å². The van der Waals surface area contributed by atoms with Gasteiger partial charge in [-0.3, -0.25) is 4.79 Å². The fraction of sp³-hybridized carbons (Fsp3) is 0.467. The summed E-state index contributed by atoms with van der Waals surface area (Å²) in [6, 6.07) is 5.68. The van der Waals surface area contributed by atoms with Gasteiger partial charge in [0.05, 0.1) is 0 Å². The highest BCUT2D eigenvalue weighted by Gasteiger charge is 2.42.